The van der Waals surface area contributed by atoms with E-state index in [0.717, 1.165) is 9.87 Å². The van der Waals surface area contributed by atoms with Gasteiger partial charge in [0.15, 0.2) is 0 Å². The van der Waals surface area contributed by atoms with Crippen LogP contribution in [0, 0.1) is 5.41 Å². The van der Waals surface area contributed by atoms with Crippen molar-refractivity contribution >= 4 is 39.1 Å². The number of benzene rings is 2. The molecule has 0 atom stereocenters. The molecule has 0 aliphatic carbocycles. The molecule has 160 valence electrons. The van der Waals surface area contributed by atoms with Gasteiger partial charge < -0.3 is 4.90 Å². The summed E-state index contributed by atoms with van der Waals surface area (Å²) in [7, 11) is -3.82. The molecule has 1 aliphatic heterocycles. The van der Waals surface area contributed by atoms with Gasteiger partial charge in [0.25, 0.3) is 5.91 Å². The van der Waals surface area contributed by atoms with Crippen LogP contribution in [0.3, 0.4) is 0 Å². The zero-order valence-electron chi connectivity index (χ0n) is 17.4. The molecule has 0 unspecified atom stereocenters. The van der Waals surface area contributed by atoms with Crippen LogP contribution in [-0.4, -0.2) is 36.9 Å². The lowest BCUT2D eigenvalue weighted by Gasteiger charge is -2.28. The van der Waals surface area contributed by atoms with Gasteiger partial charge in [-0.15, -0.1) is 0 Å². The molecule has 0 radical (unpaired) electrons. The minimum absolute atomic E-state index is 0.117. The molecule has 2 aromatic carbocycles. The second-order valence-corrected chi connectivity index (χ2v) is 10.6. The average Bonchev–Trinajstić information content (AvgIpc) is 2.83. The fourth-order valence-electron chi connectivity index (χ4n) is 3.49. The number of rotatable bonds is 5. The first kappa shape index (κ1) is 22.3. The minimum Gasteiger partial charge on any atom is -0.332 e. The van der Waals surface area contributed by atoms with Crippen LogP contribution in [0.5, 0.6) is 0 Å². The maximum absolute atomic E-state index is 13.3. The zero-order valence-corrected chi connectivity index (χ0v) is 19.0. The molecule has 2 amide bonds. The van der Waals surface area contributed by atoms with Crippen LogP contribution in [0.25, 0.3) is 0 Å². The van der Waals surface area contributed by atoms with Gasteiger partial charge in [-0.25, -0.2) is 12.7 Å². The van der Waals surface area contributed by atoms with Crippen LogP contribution >= 0.6 is 11.6 Å². The Morgan fingerprint density at radius 2 is 1.80 bits per heavy atom. The molecule has 30 heavy (non-hydrogen) atoms. The summed E-state index contributed by atoms with van der Waals surface area (Å²) in [4.78, 5) is 27.7. The summed E-state index contributed by atoms with van der Waals surface area (Å²) in [6, 6.07) is 13.7. The third-order valence-electron chi connectivity index (χ3n) is 5.08. The van der Waals surface area contributed by atoms with Crippen LogP contribution in [0.2, 0.25) is 5.02 Å². The van der Waals surface area contributed by atoms with Gasteiger partial charge in [0.2, 0.25) is 15.9 Å². The number of carbonyl (C=O) groups is 2. The molecule has 1 fully saturated rings. The van der Waals surface area contributed by atoms with Crippen molar-refractivity contribution in [3.8, 4) is 0 Å². The number of sulfonamides is 1. The van der Waals surface area contributed by atoms with E-state index in [4.69, 9.17) is 11.6 Å². The molecule has 0 bridgehead atoms. The average molecular weight is 449 g/mol. The van der Waals surface area contributed by atoms with E-state index in [-0.39, 0.29) is 34.0 Å². The number of hydrogen-bond donors (Lipinski definition) is 0. The standard InChI is InChI=1S/C22H25ClN2O4S/c1-15(2)24(13-16-8-6-5-7-9-16)20(26)18-12-17(10-11-19(18)23)25-21(27)22(3,4)14-30(25,28)29/h5-12,15H,13-14H2,1-4H3. The van der Waals surface area contributed by atoms with Gasteiger partial charge in [0.05, 0.1) is 27.4 Å². The molecular formula is C22H25ClN2O4S. The first-order valence-corrected chi connectivity index (χ1v) is 11.6. The largest absolute Gasteiger partial charge is 0.332 e. The van der Waals surface area contributed by atoms with E-state index in [1.165, 1.54) is 18.2 Å². The molecule has 0 aromatic heterocycles. The van der Waals surface area contributed by atoms with Crippen molar-refractivity contribution in [1.82, 2.24) is 4.90 Å². The number of amides is 2. The van der Waals surface area contributed by atoms with Gasteiger partial charge in [0, 0.05) is 12.6 Å². The summed E-state index contributed by atoms with van der Waals surface area (Å²) in [5.41, 5.74) is 0.221. The molecule has 0 N–H and O–H groups in total. The smallest absolute Gasteiger partial charge is 0.255 e. The predicted molar refractivity (Wildman–Crippen MR) is 118 cm³/mol. The van der Waals surface area contributed by atoms with Crippen molar-refractivity contribution < 1.29 is 18.0 Å². The Kier molecular flexibility index (Phi) is 5.98. The van der Waals surface area contributed by atoms with Gasteiger partial charge in [-0.2, -0.15) is 0 Å². The van der Waals surface area contributed by atoms with Crippen LogP contribution in [0.4, 0.5) is 5.69 Å². The lowest BCUT2D eigenvalue weighted by molar-refractivity contribution is -0.123. The number of nitrogens with zero attached hydrogens (tertiary/aromatic N) is 2. The summed E-state index contributed by atoms with van der Waals surface area (Å²) in [6.45, 7) is 7.36. The summed E-state index contributed by atoms with van der Waals surface area (Å²) in [6.07, 6.45) is 0. The van der Waals surface area contributed by atoms with Crippen molar-refractivity contribution in [2.75, 3.05) is 10.1 Å². The Hall–Kier alpha value is -2.38. The zero-order chi connectivity index (χ0) is 22.3. The molecule has 3 rings (SSSR count). The molecule has 0 saturated carbocycles. The van der Waals surface area contributed by atoms with Crippen LogP contribution < -0.4 is 4.31 Å². The normalized spacial score (nSPS) is 17.4. The van der Waals surface area contributed by atoms with Crippen molar-refractivity contribution in [3.63, 3.8) is 0 Å². The summed E-state index contributed by atoms with van der Waals surface area (Å²) >= 11 is 6.31. The highest BCUT2D eigenvalue weighted by atomic mass is 35.5. The van der Waals surface area contributed by atoms with Crippen molar-refractivity contribution in [2.45, 2.75) is 40.3 Å². The Balaban J connectivity index is 2.00. The molecule has 6 nitrogen and oxygen atoms in total. The van der Waals surface area contributed by atoms with E-state index in [1.807, 2.05) is 44.2 Å². The van der Waals surface area contributed by atoms with Crippen LogP contribution in [-0.2, 0) is 21.4 Å². The maximum Gasteiger partial charge on any atom is 0.255 e. The molecular weight excluding hydrogens is 424 g/mol. The number of hydrogen-bond acceptors (Lipinski definition) is 4. The first-order chi connectivity index (χ1) is 13.9. The highest BCUT2D eigenvalue weighted by Gasteiger charge is 2.50. The highest BCUT2D eigenvalue weighted by molar-refractivity contribution is 7.94. The predicted octanol–water partition coefficient (Wildman–Crippen LogP) is 4.09. The van der Waals surface area contributed by atoms with E-state index in [0.29, 0.717) is 6.54 Å². The minimum atomic E-state index is -3.82. The molecule has 0 spiro atoms. The number of halogens is 1. The van der Waals surface area contributed by atoms with Gasteiger partial charge in [-0.05, 0) is 51.5 Å². The summed E-state index contributed by atoms with van der Waals surface area (Å²) < 4.78 is 26.0. The van der Waals surface area contributed by atoms with Crippen molar-refractivity contribution in [1.29, 1.82) is 0 Å². The molecule has 1 aliphatic rings. The van der Waals surface area contributed by atoms with E-state index in [1.54, 1.807) is 18.7 Å². The van der Waals surface area contributed by atoms with E-state index >= 15 is 0 Å². The Morgan fingerprint density at radius 3 is 2.33 bits per heavy atom. The van der Waals surface area contributed by atoms with Crippen LogP contribution in [0.1, 0.15) is 43.6 Å². The second kappa shape index (κ2) is 8.04. The number of carbonyl (C=O) groups excluding carboxylic acids is 2. The quantitative estimate of drug-likeness (QED) is 0.690. The van der Waals surface area contributed by atoms with Gasteiger partial charge in [-0.1, -0.05) is 41.9 Å². The van der Waals surface area contributed by atoms with E-state index < -0.39 is 21.3 Å². The molecule has 1 saturated heterocycles. The van der Waals surface area contributed by atoms with E-state index in [2.05, 4.69) is 0 Å². The first-order valence-electron chi connectivity index (χ1n) is 9.66. The van der Waals surface area contributed by atoms with Crippen molar-refractivity contribution in [2.24, 2.45) is 5.41 Å². The third kappa shape index (κ3) is 4.23. The second-order valence-electron chi connectivity index (χ2n) is 8.39. The topological polar surface area (TPSA) is 74.8 Å². The lowest BCUT2D eigenvalue weighted by atomic mass is 9.95. The van der Waals surface area contributed by atoms with Gasteiger partial charge in [-0.3, -0.25) is 9.59 Å². The van der Waals surface area contributed by atoms with E-state index in [9.17, 15) is 18.0 Å². The Morgan fingerprint density at radius 1 is 1.17 bits per heavy atom. The Labute approximate surface area is 182 Å². The lowest BCUT2D eigenvalue weighted by Crippen LogP contribution is -2.37. The summed E-state index contributed by atoms with van der Waals surface area (Å²) in [5, 5.41) is 0.200. The monoisotopic (exact) mass is 448 g/mol. The van der Waals surface area contributed by atoms with Gasteiger partial charge >= 0.3 is 0 Å². The van der Waals surface area contributed by atoms with Crippen molar-refractivity contribution in [3.05, 3.63) is 64.7 Å². The fraction of sp³-hybridized carbons (Fsp3) is 0.364. The Bertz CT molecular complexity index is 1080. The SMILES string of the molecule is CC(C)N(Cc1ccccc1)C(=O)c1cc(N2C(=O)C(C)(C)CS2(=O)=O)ccc1Cl. The number of anilines is 1. The molecule has 8 heteroatoms. The maximum atomic E-state index is 13.3. The fourth-order valence-corrected chi connectivity index (χ4v) is 5.79. The highest BCUT2D eigenvalue weighted by Crippen LogP contribution is 2.37. The summed E-state index contributed by atoms with van der Waals surface area (Å²) in [5.74, 6) is -1.13. The van der Waals surface area contributed by atoms with Gasteiger partial charge in [0.1, 0.15) is 0 Å². The van der Waals surface area contributed by atoms with Crippen LogP contribution in [0.15, 0.2) is 48.5 Å². The molecule has 2 aromatic rings. The third-order valence-corrected chi connectivity index (χ3v) is 7.43. The molecule has 1 heterocycles.